The monoisotopic (exact) mass is 443 g/mol. The van der Waals surface area contributed by atoms with Crippen LogP contribution in [0.5, 0.6) is 0 Å². The number of ether oxygens (including phenoxy) is 1. The van der Waals surface area contributed by atoms with Crippen molar-refractivity contribution in [3.63, 3.8) is 0 Å². The van der Waals surface area contributed by atoms with Gasteiger partial charge in [-0.1, -0.05) is 44.4 Å². The summed E-state index contributed by atoms with van der Waals surface area (Å²) in [5.41, 5.74) is 1.66. The van der Waals surface area contributed by atoms with E-state index in [4.69, 9.17) is 11.2 Å². The summed E-state index contributed by atoms with van der Waals surface area (Å²) >= 11 is 0. The quantitative estimate of drug-likeness (QED) is 0.343. The van der Waals surface area contributed by atoms with Gasteiger partial charge in [-0.3, -0.25) is 14.5 Å². The van der Waals surface area contributed by atoms with Crippen LogP contribution in [0.15, 0.2) is 18.2 Å². The Hall–Kier alpha value is -3.01. The Morgan fingerprint density at radius 2 is 1.75 bits per heavy atom. The van der Waals surface area contributed by atoms with Crippen LogP contribution in [0.4, 0.5) is 4.79 Å². The molecule has 0 aromatic heterocycles. The lowest BCUT2D eigenvalue weighted by Gasteiger charge is -2.31. The molecule has 32 heavy (non-hydrogen) atoms. The summed E-state index contributed by atoms with van der Waals surface area (Å²) in [7, 11) is 0. The predicted octanol–water partition coefficient (Wildman–Crippen LogP) is 3.98. The first-order chi connectivity index (χ1) is 14.9. The maximum atomic E-state index is 13.2. The van der Waals surface area contributed by atoms with Gasteiger partial charge in [-0.25, -0.2) is 4.79 Å². The van der Waals surface area contributed by atoms with Crippen molar-refractivity contribution in [1.29, 1.82) is 0 Å². The number of amides is 3. The van der Waals surface area contributed by atoms with Gasteiger partial charge in [-0.2, -0.15) is 0 Å². The Balaban J connectivity index is 3.22. The third kappa shape index (κ3) is 7.92. The second-order valence-electron chi connectivity index (χ2n) is 8.91. The van der Waals surface area contributed by atoms with E-state index in [9.17, 15) is 14.4 Å². The van der Waals surface area contributed by atoms with Crippen LogP contribution in [0.3, 0.4) is 0 Å². The number of terminal acetylenes is 1. The second-order valence-corrected chi connectivity index (χ2v) is 8.91. The normalized spacial score (nSPS) is 12.8. The molecule has 0 bridgehead atoms. The van der Waals surface area contributed by atoms with Gasteiger partial charge in [0.15, 0.2) is 0 Å². The summed E-state index contributed by atoms with van der Waals surface area (Å²) in [4.78, 5) is 39.7. The smallest absolute Gasteiger partial charge is 0.408 e. The number of carbonyl (C=O) groups excluding carboxylic acids is 3. The van der Waals surface area contributed by atoms with E-state index in [2.05, 4.69) is 23.6 Å². The lowest BCUT2D eigenvalue weighted by atomic mass is 9.94. The van der Waals surface area contributed by atoms with Crippen LogP contribution in [-0.2, 0) is 14.3 Å². The third-order valence-corrected chi connectivity index (χ3v) is 4.88. The molecule has 1 rings (SSSR count). The van der Waals surface area contributed by atoms with Crippen LogP contribution in [0.1, 0.15) is 76.6 Å². The number of carbonyl (C=O) groups is 3. The largest absolute Gasteiger partial charge is 0.444 e. The molecular weight excluding hydrogens is 406 g/mol. The Kier molecular flexibility index (Phi) is 10.2. The average Bonchev–Trinajstić information content (AvgIpc) is 2.68. The molecule has 3 amide bonds. The Labute approximate surface area is 192 Å². The van der Waals surface area contributed by atoms with Crippen molar-refractivity contribution < 1.29 is 19.1 Å². The van der Waals surface area contributed by atoms with Crippen molar-refractivity contribution in [1.82, 2.24) is 15.5 Å². The Morgan fingerprint density at radius 1 is 1.16 bits per heavy atom. The molecule has 0 aliphatic heterocycles. The maximum absolute atomic E-state index is 13.2. The minimum atomic E-state index is -1.02. The first-order valence-corrected chi connectivity index (χ1v) is 11.1. The number of hydrogen-bond donors (Lipinski definition) is 2. The van der Waals surface area contributed by atoms with Crippen LogP contribution >= 0.6 is 0 Å². The lowest BCUT2D eigenvalue weighted by Crippen LogP contribution is -2.50. The van der Waals surface area contributed by atoms with Gasteiger partial charge in [0.2, 0.25) is 5.91 Å². The van der Waals surface area contributed by atoms with Crippen molar-refractivity contribution in [2.45, 2.75) is 85.4 Å². The number of nitrogens with one attached hydrogen (secondary N) is 2. The minimum Gasteiger partial charge on any atom is -0.444 e. The van der Waals surface area contributed by atoms with Gasteiger partial charge in [0.05, 0.1) is 0 Å². The number of hydrogen-bond acceptors (Lipinski definition) is 4. The molecule has 2 N–H and O–H groups in total. The fourth-order valence-corrected chi connectivity index (χ4v) is 3.34. The molecule has 2 atom stereocenters. The summed E-state index contributed by atoms with van der Waals surface area (Å²) in [6, 6.07) is 6.01. The molecule has 2 unspecified atom stereocenters. The molecule has 1 aromatic rings. The third-order valence-electron chi connectivity index (χ3n) is 4.88. The summed E-state index contributed by atoms with van der Waals surface area (Å²) in [5.74, 6) is -0.927. The molecule has 7 heteroatoms. The van der Waals surface area contributed by atoms with Gasteiger partial charge in [0, 0.05) is 12.6 Å². The summed E-state index contributed by atoms with van der Waals surface area (Å²) < 4.78 is 5.23. The van der Waals surface area contributed by atoms with Crippen LogP contribution in [0.25, 0.3) is 0 Å². The SMILES string of the molecule is C#CN(C(=O)C(C)NC(=O)OC(C)(C)C)C(C(=O)NCCCCC)c1c(C)cccc1C. The fourth-order valence-electron chi connectivity index (χ4n) is 3.34. The number of nitrogens with zero attached hydrogens (tertiary/aromatic N) is 1. The van der Waals surface area contributed by atoms with E-state index in [-0.39, 0.29) is 5.91 Å². The molecule has 0 aliphatic carbocycles. The first-order valence-electron chi connectivity index (χ1n) is 11.1. The zero-order valence-corrected chi connectivity index (χ0v) is 20.4. The zero-order chi connectivity index (χ0) is 24.5. The lowest BCUT2D eigenvalue weighted by molar-refractivity contribution is -0.138. The topological polar surface area (TPSA) is 87.7 Å². The first kappa shape index (κ1) is 27.0. The van der Waals surface area contributed by atoms with Crippen LogP contribution in [0.2, 0.25) is 0 Å². The molecule has 0 radical (unpaired) electrons. The molecule has 0 aliphatic rings. The Bertz CT molecular complexity index is 831. The van der Waals surface area contributed by atoms with Gasteiger partial charge in [-0.15, -0.1) is 0 Å². The number of rotatable bonds is 9. The highest BCUT2D eigenvalue weighted by Gasteiger charge is 2.35. The minimum absolute atomic E-state index is 0.353. The second kappa shape index (κ2) is 12.1. The van der Waals surface area contributed by atoms with Crippen molar-refractivity contribution >= 4 is 17.9 Å². The molecule has 0 fully saturated rings. The summed E-state index contributed by atoms with van der Waals surface area (Å²) in [6.45, 7) is 13.0. The molecule has 1 aromatic carbocycles. The highest BCUT2D eigenvalue weighted by molar-refractivity contribution is 5.93. The van der Waals surface area contributed by atoms with Gasteiger partial charge >= 0.3 is 6.09 Å². The number of alkyl carbamates (subject to hydrolysis) is 1. The van der Waals surface area contributed by atoms with E-state index in [0.717, 1.165) is 35.3 Å². The van der Waals surface area contributed by atoms with Gasteiger partial charge < -0.3 is 15.4 Å². The van der Waals surface area contributed by atoms with E-state index in [1.807, 2.05) is 32.0 Å². The molecule has 0 heterocycles. The van der Waals surface area contributed by atoms with Crippen molar-refractivity contribution in [3.8, 4) is 12.5 Å². The van der Waals surface area contributed by atoms with Gasteiger partial charge in [-0.05, 0) is 64.7 Å². The fraction of sp³-hybridized carbons (Fsp3) is 0.560. The molecule has 0 spiro atoms. The van der Waals surface area contributed by atoms with Crippen LogP contribution in [0, 0.1) is 26.3 Å². The highest BCUT2D eigenvalue weighted by Crippen LogP contribution is 2.28. The number of unbranched alkanes of at least 4 members (excludes halogenated alkanes) is 2. The zero-order valence-electron chi connectivity index (χ0n) is 20.4. The predicted molar refractivity (Wildman–Crippen MR) is 126 cm³/mol. The summed E-state index contributed by atoms with van der Waals surface area (Å²) in [5, 5.41) is 5.42. The van der Waals surface area contributed by atoms with E-state index < -0.39 is 29.7 Å². The molecule has 0 saturated carbocycles. The average molecular weight is 444 g/mol. The van der Waals surface area contributed by atoms with Crippen LogP contribution < -0.4 is 10.6 Å². The van der Waals surface area contributed by atoms with E-state index >= 15 is 0 Å². The van der Waals surface area contributed by atoms with Gasteiger partial charge in [0.25, 0.3) is 5.91 Å². The highest BCUT2D eigenvalue weighted by atomic mass is 16.6. The van der Waals surface area contributed by atoms with E-state index in [1.54, 1.807) is 20.8 Å². The molecule has 0 saturated heterocycles. The van der Waals surface area contributed by atoms with Crippen molar-refractivity contribution in [2.75, 3.05) is 6.54 Å². The van der Waals surface area contributed by atoms with E-state index in [0.29, 0.717) is 12.1 Å². The number of benzene rings is 1. The Morgan fingerprint density at radius 3 is 2.25 bits per heavy atom. The summed E-state index contributed by atoms with van der Waals surface area (Å²) in [6.07, 6.45) is 7.85. The van der Waals surface area contributed by atoms with Gasteiger partial charge in [0.1, 0.15) is 17.7 Å². The van der Waals surface area contributed by atoms with Crippen LogP contribution in [-0.4, -0.2) is 41.0 Å². The van der Waals surface area contributed by atoms with Crippen molar-refractivity contribution in [3.05, 3.63) is 34.9 Å². The molecular formula is C25H37N3O4. The molecule has 176 valence electrons. The van der Waals surface area contributed by atoms with Crippen molar-refractivity contribution in [2.24, 2.45) is 0 Å². The standard InChI is InChI=1S/C25H37N3O4/c1-9-11-12-16-26-22(29)21(20-17(3)14-13-15-18(20)4)28(10-2)23(30)19(5)27-24(31)32-25(6,7)8/h2,13-15,19,21H,9,11-12,16H2,1,3-8H3,(H,26,29)(H,27,31). The molecule has 7 nitrogen and oxygen atoms in total. The maximum Gasteiger partial charge on any atom is 0.408 e. The van der Waals surface area contributed by atoms with E-state index in [1.165, 1.54) is 6.92 Å². The number of aryl methyl sites for hydroxylation is 2.